The SMILES string of the molecule is CCC(N(CC(=O)O)c1ccc(C#N)c(C(F)(F)F)c1)C(F)(F)F. The fraction of sp³-hybridized carbons (Fsp3) is 0.429. The van der Waals surface area contributed by atoms with Gasteiger partial charge in [-0.3, -0.25) is 4.79 Å². The molecule has 1 atom stereocenters. The Balaban J connectivity index is 3.49. The summed E-state index contributed by atoms with van der Waals surface area (Å²) < 4.78 is 78.1. The Morgan fingerprint density at radius 3 is 2.25 bits per heavy atom. The Kier molecular flexibility index (Phi) is 5.71. The maximum absolute atomic E-state index is 13.1. The third-order valence-corrected chi connectivity index (χ3v) is 3.21. The van der Waals surface area contributed by atoms with E-state index < -0.39 is 54.1 Å². The number of anilines is 1. The number of nitrogens with zero attached hydrogens (tertiary/aromatic N) is 2. The lowest BCUT2D eigenvalue weighted by Crippen LogP contribution is -2.48. The van der Waals surface area contributed by atoms with Crippen molar-refractivity contribution >= 4 is 11.7 Å². The Morgan fingerprint density at radius 1 is 1.29 bits per heavy atom. The third kappa shape index (κ3) is 4.53. The van der Waals surface area contributed by atoms with Gasteiger partial charge in [0.15, 0.2) is 0 Å². The van der Waals surface area contributed by atoms with Crippen LogP contribution in [0.5, 0.6) is 0 Å². The molecule has 132 valence electrons. The molecular formula is C14H12F6N2O2. The molecule has 0 aliphatic heterocycles. The molecular weight excluding hydrogens is 342 g/mol. The van der Waals surface area contributed by atoms with Crippen LogP contribution in [0.4, 0.5) is 32.0 Å². The first kappa shape index (κ1) is 19.6. The molecule has 1 N–H and O–H groups in total. The quantitative estimate of drug-likeness (QED) is 0.817. The van der Waals surface area contributed by atoms with Crippen molar-refractivity contribution in [1.29, 1.82) is 5.26 Å². The molecule has 0 saturated heterocycles. The van der Waals surface area contributed by atoms with Crippen molar-refractivity contribution in [1.82, 2.24) is 0 Å². The molecule has 0 saturated carbocycles. The van der Waals surface area contributed by atoms with Crippen molar-refractivity contribution in [2.24, 2.45) is 0 Å². The minimum Gasteiger partial charge on any atom is -0.480 e. The van der Waals surface area contributed by atoms with Crippen LogP contribution in [0.15, 0.2) is 18.2 Å². The number of nitriles is 1. The molecule has 0 radical (unpaired) electrons. The maximum atomic E-state index is 13.1. The largest absolute Gasteiger partial charge is 0.480 e. The minimum atomic E-state index is -4.96. The number of benzene rings is 1. The predicted octanol–water partition coefficient (Wildman–Crippen LogP) is 3.81. The molecule has 0 aromatic heterocycles. The van der Waals surface area contributed by atoms with E-state index >= 15 is 0 Å². The van der Waals surface area contributed by atoms with E-state index in [2.05, 4.69) is 0 Å². The minimum absolute atomic E-state index is 0.332. The molecule has 1 rings (SSSR count). The summed E-state index contributed by atoms with van der Waals surface area (Å²) in [5, 5.41) is 17.5. The predicted molar refractivity (Wildman–Crippen MR) is 71.3 cm³/mol. The smallest absolute Gasteiger partial charge is 0.417 e. The number of aliphatic carboxylic acids is 1. The van der Waals surface area contributed by atoms with Gasteiger partial charge in [0.25, 0.3) is 0 Å². The highest BCUT2D eigenvalue weighted by Gasteiger charge is 2.44. The van der Waals surface area contributed by atoms with E-state index in [0.29, 0.717) is 11.0 Å². The topological polar surface area (TPSA) is 64.3 Å². The number of alkyl halides is 6. The van der Waals surface area contributed by atoms with Crippen LogP contribution in [-0.4, -0.2) is 29.8 Å². The summed E-state index contributed by atoms with van der Waals surface area (Å²) in [6, 6.07) is 0.972. The molecule has 0 heterocycles. The summed E-state index contributed by atoms with van der Waals surface area (Å²) in [4.78, 5) is 11.2. The van der Waals surface area contributed by atoms with E-state index in [4.69, 9.17) is 10.4 Å². The van der Waals surface area contributed by atoms with Crippen LogP contribution in [-0.2, 0) is 11.0 Å². The van der Waals surface area contributed by atoms with Crippen LogP contribution in [0.3, 0.4) is 0 Å². The standard InChI is InChI=1S/C14H12F6N2O2/c1-2-11(14(18,19)20)22(7-12(23)24)9-4-3-8(6-21)10(5-9)13(15,16)17/h3-5,11H,2,7H2,1H3,(H,23,24). The van der Waals surface area contributed by atoms with Gasteiger partial charge in [-0.25, -0.2) is 0 Å². The molecule has 0 aliphatic carbocycles. The molecule has 1 aromatic rings. The second-order valence-electron chi connectivity index (χ2n) is 4.83. The average Bonchev–Trinajstić information content (AvgIpc) is 2.43. The van der Waals surface area contributed by atoms with Gasteiger partial charge in [0.05, 0.1) is 17.2 Å². The number of carboxylic acid groups (broad SMARTS) is 1. The van der Waals surface area contributed by atoms with Gasteiger partial charge in [-0.2, -0.15) is 31.6 Å². The molecule has 0 amide bonds. The zero-order valence-electron chi connectivity index (χ0n) is 12.2. The zero-order chi connectivity index (χ0) is 18.7. The fourth-order valence-electron chi connectivity index (χ4n) is 2.20. The summed E-state index contributed by atoms with van der Waals surface area (Å²) in [6.07, 6.45) is -10.4. The van der Waals surface area contributed by atoms with Crippen LogP contribution in [0, 0.1) is 11.3 Å². The molecule has 4 nitrogen and oxygen atoms in total. The lowest BCUT2D eigenvalue weighted by atomic mass is 10.0. The number of rotatable bonds is 5. The lowest BCUT2D eigenvalue weighted by molar-refractivity contribution is -0.151. The zero-order valence-corrected chi connectivity index (χ0v) is 12.2. The monoisotopic (exact) mass is 354 g/mol. The first-order chi connectivity index (χ1) is 10.9. The molecule has 0 fully saturated rings. The number of halogens is 6. The second kappa shape index (κ2) is 6.98. The molecule has 1 unspecified atom stereocenters. The van der Waals surface area contributed by atoms with Gasteiger partial charge in [-0.1, -0.05) is 6.92 Å². The summed E-state index contributed by atoms with van der Waals surface area (Å²) in [5.41, 5.74) is -2.76. The van der Waals surface area contributed by atoms with Gasteiger partial charge in [-0.15, -0.1) is 0 Å². The molecule has 1 aromatic carbocycles. The molecule has 10 heteroatoms. The first-order valence-electron chi connectivity index (χ1n) is 6.58. The Hall–Kier alpha value is -2.44. The average molecular weight is 354 g/mol. The Morgan fingerprint density at radius 2 is 1.88 bits per heavy atom. The number of carbonyl (C=O) groups is 1. The van der Waals surface area contributed by atoms with Crippen LogP contribution >= 0.6 is 0 Å². The molecule has 0 spiro atoms. The van der Waals surface area contributed by atoms with Crippen molar-refractivity contribution in [2.45, 2.75) is 31.7 Å². The van der Waals surface area contributed by atoms with Crippen molar-refractivity contribution in [3.63, 3.8) is 0 Å². The highest BCUT2D eigenvalue weighted by molar-refractivity contribution is 5.74. The van der Waals surface area contributed by atoms with E-state index in [1.165, 1.54) is 6.07 Å². The van der Waals surface area contributed by atoms with Gasteiger partial charge in [-0.05, 0) is 24.6 Å². The highest BCUT2D eigenvalue weighted by Crippen LogP contribution is 2.37. The normalized spacial score (nSPS) is 13.2. The van der Waals surface area contributed by atoms with Crippen LogP contribution in [0.2, 0.25) is 0 Å². The first-order valence-corrected chi connectivity index (χ1v) is 6.58. The van der Waals surface area contributed by atoms with Crippen LogP contribution in [0.25, 0.3) is 0 Å². The Labute approximate surface area is 132 Å². The van der Waals surface area contributed by atoms with Crippen molar-refractivity contribution in [3.05, 3.63) is 29.3 Å². The summed E-state index contributed by atoms with van der Waals surface area (Å²) in [7, 11) is 0. The van der Waals surface area contributed by atoms with Gasteiger partial charge in [0, 0.05) is 5.69 Å². The number of carboxylic acids is 1. The van der Waals surface area contributed by atoms with E-state index in [-0.39, 0.29) is 0 Å². The summed E-state index contributed by atoms with van der Waals surface area (Å²) in [5.74, 6) is -1.63. The lowest BCUT2D eigenvalue weighted by Gasteiger charge is -2.33. The Bertz CT molecular complexity index is 648. The van der Waals surface area contributed by atoms with E-state index in [0.717, 1.165) is 19.1 Å². The number of hydrogen-bond donors (Lipinski definition) is 1. The summed E-state index contributed by atoms with van der Waals surface area (Å²) >= 11 is 0. The van der Waals surface area contributed by atoms with Gasteiger partial charge >= 0.3 is 18.3 Å². The fourth-order valence-corrected chi connectivity index (χ4v) is 2.20. The molecule has 0 bridgehead atoms. The van der Waals surface area contributed by atoms with Gasteiger partial charge in [0.2, 0.25) is 0 Å². The van der Waals surface area contributed by atoms with Gasteiger partial charge < -0.3 is 10.0 Å². The third-order valence-electron chi connectivity index (χ3n) is 3.21. The summed E-state index contributed by atoms with van der Waals surface area (Å²) in [6.45, 7) is 0.00252. The molecule has 24 heavy (non-hydrogen) atoms. The van der Waals surface area contributed by atoms with Crippen molar-refractivity contribution < 1.29 is 36.2 Å². The van der Waals surface area contributed by atoms with Gasteiger partial charge in [0.1, 0.15) is 12.6 Å². The van der Waals surface area contributed by atoms with Crippen LogP contribution in [0.1, 0.15) is 24.5 Å². The van der Waals surface area contributed by atoms with E-state index in [1.807, 2.05) is 0 Å². The van der Waals surface area contributed by atoms with Crippen molar-refractivity contribution in [3.8, 4) is 6.07 Å². The molecule has 0 aliphatic rings. The highest BCUT2D eigenvalue weighted by atomic mass is 19.4. The maximum Gasteiger partial charge on any atom is 0.417 e. The van der Waals surface area contributed by atoms with E-state index in [1.54, 1.807) is 0 Å². The van der Waals surface area contributed by atoms with Crippen LogP contribution < -0.4 is 4.90 Å². The second-order valence-corrected chi connectivity index (χ2v) is 4.83. The number of hydrogen-bond acceptors (Lipinski definition) is 3. The van der Waals surface area contributed by atoms with E-state index in [9.17, 15) is 31.1 Å². The van der Waals surface area contributed by atoms with Crippen molar-refractivity contribution in [2.75, 3.05) is 11.4 Å².